The molecule has 0 fully saturated rings. The first-order chi connectivity index (χ1) is 9.12. The first-order valence-corrected chi connectivity index (χ1v) is 5.87. The van der Waals surface area contributed by atoms with Crippen LogP contribution in [0.5, 0.6) is 11.5 Å². The summed E-state index contributed by atoms with van der Waals surface area (Å²) in [5, 5.41) is 2.55. The summed E-state index contributed by atoms with van der Waals surface area (Å²) in [5.41, 5.74) is 6.46. The molecule has 0 heterocycles. The Kier molecular flexibility index (Phi) is 5.71. The smallest absolute Gasteiger partial charge is 0.261 e. The van der Waals surface area contributed by atoms with Crippen molar-refractivity contribution in [2.24, 2.45) is 5.73 Å². The number of benzene rings is 1. The highest BCUT2D eigenvalue weighted by Crippen LogP contribution is 2.28. The molecule has 0 radical (unpaired) electrons. The highest BCUT2D eigenvalue weighted by atomic mass is 16.5. The van der Waals surface area contributed by atoms with E-state index in [1.54, 1.807) is 19.1 Å². The van der Waals surface area contributed by atoms with Crippen molar-refractivity contribution in [3.63, 3.8) is 0 Å². The van der Waals surface area contributed by atoms with Gasteiger partial charge in [-0.05, 0) is 24.6 Å². The minimum Gasteiger partial charge on any atom is -0.493 e. The number of hydrogen-bond donors (Lipinski definition) is 2. The van der Waals surface area contributed by atoms with E-state index in [1.807, 2.05) is 6.07 Å². The van der Waals surface area contributed by atoms with E-state index in [2.05, 4.69) is 11.2 Å². The highest BCUT2D eigenvalue weighted by molar-refractivity contribution is 5.81. The van der Waals surface area contributed by atoms with Gasteiger partial charge in [0, 0.05) is 6.54 Å². The van der Waals surface area contributed by atoms with Gasteiger partial charge in [-0.3, -0.25) is 4.79 Å². The van der Waals surface area contributed by atoms with Crippen molar-refractivity contribution in [1.29, 1.82) is 0 Å². The molecule has 5 nitrogen and oxygen atoms in total. The van der Waals surface area contributed by atoms with E-state index in [0.29, 0.717) is 18.0 Å². The van der Waals surface area contributed by atoms with E-state index in [1.165, 1.54) is 7.11 Å². The lowest BCUT2D eigenvalue weighted by molar-refractivity contribution is -0.127. The van der Waals surface area contributed by atoms with Gasteiger partial charge in [0.25, 0.3) is 5.91 Å². The van der Waals surface area contributed by atoms with E-state index in [-0.39, 0.29) is 12.5 Å². The van der Waals surface area contributed by atoms with Crippen molar-refractivity contribution in [1.82, 2.24) is 5.32 Å². The number of terminal acetylenes is 1. The molecule has 1 rings (SSSR count). The van der Waals surface area contributed by atoms with Crippen molar-refractivity contribution in [3.8, 4) is 23.8 Å². The molecule has 0 bridgehead atoms. The van der Waals surface area contributed by atoms with Gasteiger partial charge in [-0.15, -0.1) is 6.42 Å². The van der Waals surface area contributed by atoms with E-state index < -0.39 is 6.10 Å². The number of carbonyl (C=O) groups excluding carboxylic acids is 1. The van der Waals surface area contributed by atoms with Crippen LogP contribution in [0.4, 0.5) is 0 Å². The largest absolute Gasteiger partial charge is 0.493 e. The predicted octanol–water partition coefficient (Wildman–Crippen LogP) is 0.671. The van der Waals surface area contributed by atoms with Gasteiger partial charge in [0.05, 0.1) is 13.7 Å². The molecule has 1 unspecified atom stereocenters. The number of amides is 1. The minimum atomic E-state index is -0.671. The number of nitrogens with two attached hydrogens (primary N) is 1. The van der Waals surface area contributed by atoms with Crippen LogP contribution >= 0.6 is 0 Å². The molecule has 1 aromatic rings. The van der Waals surface area contributed by atoms with E-state index in [9.17, 15) is 4.79 Å². The van der Waals surface area contributed by atoms with Crippen LogP contribution in [0.25, 0.3) is 0 Å². The van der Waals surface area contributed by atoms with Crippen LogP contribution in [-0.4, -0.2) is 25.7 Å². The summed E-state index contributed by atoms with van der Waals surface area (Å²) >= 11 is 0. The summed E-state index contributed by atoms with van der Waals surface area (Å²) in [5.74, 6) is 3.08. The SMILES string of the molecule is C#CCNC(=O)C(C)Oc1cc(CN)ccc1OC. The van der Waals surface area contributed by atoms with Crippen LogP contribution in [0.3, 0.4) is 0 Å². The van der Waals surface area contributed by atoms with Gasteiger partial charge in [0.2, 0.25) is 0 Å². The number of nitrogens with one attached hydrogen (secondary N) is 1. The second-order valence-electron chi connectivity index (χ2n) is 3.87. The third-order valence-electron chi connectivity index (χ3n) is 2.50. The first-order valence-electron chi connectivity index (χ1n) is 5.87. The van der Waals surface area contributed by atoms with Crippen LogP contribution in [-0.2, 0) is 11.3 Å². The van der Waals surface area contributed by atoms with Crippen LogP contribution in [0, 0.1) is 12.3 Å². The molecule has 19 heavy (non-hydrogen) atoms. The topological polar surface area (TPSA) is 73.6 Å². The molecule has 1 aromatic carbocycles. The monoisotopic (exact) mass is 262 g/mol. The Balaban J connectivity index is 2.80. The number of hydrogen-bond acceptors (Lipinski definition) is 4. The maximum absolute atomic E-state index is 11.7. The third-order valence-corrected chi connectivity index (χ3v) is 2.50. The maximum Gasteiger partial charge on any atom is 0.261 e. The van der Waals surface area contributed by atoms with Gasteiger partial charge in [-0.25, -0.2) is 0 Å². The molecule has 1 amide bonds. The van der Waals surface area contributed by atoms with Crippen molar-refractivity contribution in [3.05, 3.63) is 23.8 Å². The Morgan fingerprint density at radius 3 is 2.84 bits per heavy atom. The molecule has 0 spiro atoms. The molecule has 0 saturated carbocycles. The average molecular weight is 262 g/mol. The highest BCUT2D eigenvalue weighted by Gasteiger charge is 2.16. The van der Waals surface area contributed by atoms with Crippen LogP contribution in [0.2, 0.25) is 0 Å². The molecule has 3 N–H and O–H groups in total. The predicted molar refractivity (Wildman–Crippen MR) is 72.8 cm³/mol. The zero-order chi connectivity index (χ0) is 14.3. The molecular formula is C14H18N2O3. The zero-order valence-electron chi connectivity index (χ0n) is 11.1. The summed E-state index contributed by atoms with van der Waals surface area (Å²) in [6.45, 7) is 2.20. The van der Waals surface area contributed by atoms with Gasteiger partial charge in [-0.1, -0.05) is 12.0 Å². The van der Waals surface area contributed by atoms with Gasteiger partial charge in [0.1, 0.15) is 0 Å². The molecule has 102 valence electrons. The fraction of sp³-hybridized carbons (Fsp3) is 0.357. The number of carbonyl (C=O) groups is 1. The lowest BCUT2D eigenvalue weighted by Gasteiger charge is -2.16. The average Bonchev–Trinajstić information content (AvgIpc) is 2.44. The van der Waals surface area contributed by atoms with Crippen molar-refractivity contribution in [2.75, 3.05) is 13.7 Å². The molecule has 0 aliphatic rings. The first kappa shape index (κ1) is 14.9. The third kappa shape index (κ3) is 4.19. The second kappa shape index (κ2) is 7.29. The lowest BCUT2D eigenvalue weighted by atomic mass is 10.2. The van der Waals surface area contributed by atoms with Crippen LogP contribution < -0.4 is 20.5 Å². The number of methoxy groups -OCH3 is 1. The summed E-state index contributed by atoms with van der Waals surface area (Å²) in [6, 6.07) is 5.35. The number of ether oxygens (including phenoxy) is 2. The standard InChI is InChI=1S/C14H18N2O3/c1-4-7-16-14(17)10(2)19-13-8-11(9-15)5-6-12(13)18-3/h1,5-6,8,10H,7,9,15H2,2-3H3,(H,16,17). The van der Waals surface area contributed by atoms with Gasteiger partial charge in [-0.2, -0.15) is 0 Å². The summed E-state index contributed by atoms with van der Waals surface area (Å²) < 4.78 is 10.8. The van der Waals surface area contributed by atoms with Gasteiger partial charge >= 0.3 is 0 Å². The molecular weight excluding hydrogens is 244 g/mol. The van der Waals surface area contributed by atoms with Crippen molar-refractivity contribution < 1.29 is 14.3 Å². The Morgan fingerprint density at radius 1 is 1.53 bits per heavy atom. The fourth-order valence-corrected chi connectivity index (χ4v) is 1.47. The van der Waals surface area contributed by atoms with Crippen LogP contribution in [0.1, 0.15) is 12.5 Å². The minimum absolute atomic E-state index is 0.173. The van der Waals surface area contributed by atoms with Gasteiger partial charge in [0.15, 0.2) is 17.6 Å². The van der Waals surface area contributed by atoms with Crippen molar-refractivity contribution in [2.45, 2.75) is 19.6 Å². The summed E-state index contributed by atoms with van der Waals surface area (Å²) in [7, 11) is 1.54. The Labute approximate surface area is 113 Å². The molecule has 0 aliphatic heterocycles. The van der Waals surface area contributed by atoms with E-state index >= 15 is 0 Å². The lowest BCUT2D eigenvalue weighted by Crippen LogP contribution is -2.36. The van der Waals surface area contributed by atoms with Crippen molar-refractivity contribution >= 4 is 5.91 Å². The Bertz CT molecular complexity index is 480. The van der Waals surface area contributed by atoms with Gasteiger partial charge < -0.3 is 20.5 Å². The molecule has 1 atom stereocenters. The van der Waals surface area contributed by atoms with E-state index in [4.69, 9.17) is 21.6 Å². The zero-order valence-corrected chi connectivity index (χ0v) is 11.1. The molecule has 5 heteroatoms. The number of rotatable bonds is 6. The molecule has 0 saturated heterocycles. The van der Waals surface area contributed by atoms with Crippen LogP contribution in [0.15, 0.2) is 18.2 Å². The Hall–Kier alpha value is -2.19. The molecule has 0 aromatic heterocycles. The second-order valence-corrected chi connectivity index (χ2v) is 3.87. The fourth-order valence-electron chi connectivity index (χ4n) is 1.47. The quantitative estimate of drug-likeness (QED) is 0.739. The summed E-state index contributed by atoms with van der Waals surface area (Å²) in [6.07, 6.45) is 4.40. The normalized spacial score (nSPS) is 11.3. The maximum atomic E-state index is 11.7. The Morgan fingerprint density at radius 2 is 2.26 bits per heavy atom. The summed E-state index contributed by atoms with van der Waals surface area (Å²) in [4.78, 5) is 11.7. The van der Waals surface area contributed by atoms with E-state index in [0.717, 1.165) is 5.56 Å². The molecule has 0 aliphatic carbocycles.